The van der Waals surface area contributed by atoms with Crippen molar-refractivity contribution in [2.45, 2.75) is 20.3 Å². The molecule has 0 rings (SSSR count). The van der Waals surface area contributed by atoms with Gasteiger partial charge >= 0.3 is 0 Å². The molecule has 0 aromatic carbocycles. The van der Waals surface area contributed by atoms with Crippen molar-refractivity contribution in [2.75, 3.05) is 20.1 Å². The van der Waals surface area contributed by atoms with Gasteiger partial charge in [-0.25, -0.2) is 0 Å². The molecule has 2 N–H and O–H groups in total. The molecule has 0 aliphatic carbocycles. The molecule has 0 aliphatic rings. The Labute approximate surface area is 68.6 Å². The minimum atomic E-state index is 0.186. The van der Waals surface area contributed by atoms with Crippen LogP contribution in [0.15, 0.2) is 0 Å². The first kappa shape index (κ1) is 10.4. The Kier molecular flexibility index (Phi) is 4.86. The van der Waals surface area contributed by atoms with E-state index in [1.54, 1.807) is 11.9 Å². The molecule has 0 saturated heterocycles. The Hall–Kier alpha value is -0.570. The molecule has 66 valence electrons. The third-order valence-electron chi connectivity index (χ3n) is 1.47. The van der Waals surface area contributed by atoms with Crippen LogP contribution in [0.25, 0.3) is 0 Å². The molecule has 0 aliphatic heterocycles. The summed E-state index contributed by atoms with van der Waals surface area (Å²) in [7, 11) is 1.79. The zero-order valence-electron chi connectivity index (χ0n) is 7.63. The molecule has 0 unspecified atom stereocenters. The van der Waals surface area contributed by atoms with E-state index in [0.29, 0.717) is 25.4 Å². The highest BCUT2D eigenvalue weighted by atomic mass is 16.2. The third kappa shape index (κ3) is 4.79. The van der Waals surface area contributed by atoms with Gasteiger partial charge in [0.1, 0.15) is 0 Å². The predicted octanol–water partition coefficient (Wildman–Crippen LogP) is 0.450. The average molecular weight is 158 g/mol. The van der Waals surface area contributed by atoms with Crippen LogP contribution in [-0.2, 0) is 4.79 Å². The van der Waals surface area contributed by atoms with Gasteiger partial charge in [-0.15, -0.1) is 0 Å². The van der Waals surface area contributed by atoms with E-state index in [9.17, 15) is 4.79 Å². The molecule has 0 fully saturated rings. The van der Waals surface area contributed by atoms with E-state index in [0.717, 1.165) is 0 Å². The zero-order chi connectivity index (χ0) is 8.85. The Morgan fingerprint density at radius 2 is 2.09 bits per heavy atom. The van der Waals surface area contributed by atoms with E-state index < -0.39 is 0 Å². The molecule has 0 aromatic rings. The molecule has 0 heterocycles. The zero-order valence-corrected chi connectivity index (χ0v) is 7.63. The number of likely N-dealkylation sites (N-methyl/N-ethyl adjacent to an activating group) is 1. The van der Waals surface area contributed by atoms with Crippen LogP contribution in [0.5, 0.6) is 0 Å². The van der Waals surface area contributed by atoms with E-state index in [1.165, 1.54) is 0 Å². The fourth-order valence-corrected chi connectivity index (χ4v) is 0.823. The first-order valence-electron chi connectivity index (χ1n) is 4.02. The van der Waals surface area contributed by atoms with Gasteiger partial charge in [0, 0.05) is 26.6 Å². The monoisotopic (exact) mass is 158 g/mol. The highest BCUT2D eigenvalue weighted by Gasteiger charge is 2.08. The third-order valence-corrected chi connectivity index (χ3v) is 1.47. The van der Waals surface area contributed by atoms with E-state index in [2.05, 4.69) is 0 Å². The molecular formula is C8H18N2O. The minimum Gasteiger partial charge on any atom is -0.344 e. The second kappa shape index (κ2) is 5.13. The van der Waals surface area contributed by atoms with Gasteiger partial charge in [0.05, 0.1) is 0 Å². The molecule has 0 radical (unpaired) electrons. The minimum absolute atomic E-state index is 0.186. The molecule has 11 heavy (non-hydrogen) atoms. The van der Waals surface area contributed by atoms with Crippen molar-refractivity contribution in [1.82, 2.24) is 4.90 Å². The second-order valence-electron chi connectivity index (χ2n) is 3.20. The van der Waals surface area contributed by atoms with Gasteiger partial charge in [-0.3, -0.25) is 4.79 Å². The Balaban J connectivity index is 3.64. The quantitative estimate of drug-likeness (QED) is 0.645. The van der Waals surface area contributed by atoms with E-state index >= 15 is 0 Å². The molecule has 0 bridgehead atoms. The number of carbonyl (C=O) groups is 1. The van der Waals surface area contributed by atoms with Gasteiger partial charge in [0.25, 0.3) is 0 Å². The second-order valence-corrected chi connectivity index (χ2v) is 3.20. The molecule has 1 amide bonds. The maximum atomic E-state index is 11.2. The Morgan fingerprint density at radius 1 is 1.55 bits per heavy atom. The fraction of sp³-hybridized carbons (Fsp3) is 0.875. The number of hydrogen-bond donors (Lipinski definition) is 1. The van der Waals surface area contributed by atoms with Gasteiger partial charge in [0.15, 0.2) is 0 Å². The summed E-state index contributed by atoms with van der Waals surface area (Å²) in [5, 5.41) is 0. The maximum absolute atomic E-state index is 11.2. The molecule has 3 nitrogen and oxygen atoms in total. The summed E-state index contributed by atoms with van der Waals surface area (Å²) < 4.78 is 0. The number of nitrogens with zero attached hydrogens (tertiary/aromatic N) is 1. The number of hydrogen-bond acceptors (Lipinski definition) is 2. The van der Waals surface area contributed by atoms with Crippen LogP contribution in [0.3, 0.4) is 0 Å². The average Bonchev–Trinajstić information content (AvgIpc) is 1.86. The van der Waals surface area contributed by atoms with Crippen molar-refractivity contribution in [3.05, 3.63) is 0 Å². The Morgan fingerprint density at radius 3 is 2.45 bits per heavy atom. The SMILES string of the molecule is CC(C)CC(=O)N(C)CCN. The van der Waals surface area contributed by atoms with Crippen LogP contribution < -0.4 is 5.73 Å². The summed E-state index contributed by atoms with van der Waals surface area (Å²) in [4.78, 5) is 12.9. The molecule has 0 atom stereocenters. The predicted molar refractivity (Wildman–Crippen MR) is 46.1 cm³/mol. The summed E-state index contributed by atoms with van der Waals surface area (Å²) >= 11 is 0. The molecule has 3 heteroatoms. The smallest absolute Gasteiger partial charge is 0.222 e. The number of rotatable bonds is 4. The van der Waals surface area contributed by atoms with Crippen LogP contribution in [-0.4, -0.2) is 30.9 Å². The van der Waals surface area contributed by atoms with E-state index in [-0.39, 0.29) is 5.91 Å². The molecule has 0 saturated carbocycles. The van der Waals surface area contributed by atoms with Crippen molar-refractivity contribution in [2.24, 2.45) is 11.7 Å². The van der Waals surface area contributed by atoms with Crippen LogP contribution in [0, 0.1) is 5.92 Å². The summed E-state index contributed by atoms with van der Waals surface area (Å²) in [5.41, 5.74) is 5.30. The molecule has 0 spiro atoms. The lowest BCUT2D eigenvalue weighted by atomic mass is 10.1. The molecular weight excluding hydrogens is 140 g/mol. The maximum Gasteiger partial charge on any atom is 0.222 e. The number of carbonyl (C=O) groups excluding carboxylic acids is 1. The van der Waals surface area contributed by atoms with Crippen molar-refractivity contribution in [3.8, 4) is 0 Å². The van der Waals surface area contributed by atoms with Gasteiger partial charge < -0.3 is 10.6 Å². The highest BCUT2D eigenvalue weighted by Crippen LogP contribution is 2.01. The standard InChI is InChI=1S/C8H18N2O/c1-7(2)6-8(11)10(3)5-4-9/h7H,4-6,9H2,1-3H3. The molecule has 0 aromatic heterocycles. The summed E-state index contributed by atoms with van der Waals surface area (Å²) in [6.07, 6.45) is 0.622. The fourth-order valence-electron chi connectivity index (χ4n) is 0.823. The van der Waals surface area contributed by atoms with Crippen molar-refractivity contribution in [3.63, 3.8) is 0 Å². The summed E-state index contributed by atoms with van der Waals surface area (Å²) in [6.45, 7) is 5.27. The Bertz CT molecular complexity index is 123. The van der Waals surface area contributed by atoms with Gasteiger partial charge in [-0.05, 0) is 5.92 Å². The van der Waals surface area contributed by atoms with Crippen molar-refractivity contribution >= 4 is 5.91 Å². The van der Waals surface area contributed by atoms with E-state index in [4.69, 9.17) is 5.73 Å². The first-order chi connectivity index (χ1) is 5.07. The summed E-state index contributed by atoms with van der Waals surface area (Å²) in [5.74, 6) is 0.619. The lowest BCUT2D eigenvalue weighted by Gasteiger charge is -2.16. The highest BCUT2D eigenvalue weighted by molar-refractivity contribution is 5.76. The van der Waals surface area contributed by atoms with Crippen LogP contribution in [0.4, 0.5) is 0 Å². The largest absolute Gasteiger partial charge is 0.344 e. The summed E-state index contributed by atoms with van der Waals surface area (Å²) in [6, 6.07) is 0. The van der Waals surface area contributed by atoms with Gasteiger partial charge in [0.2, 0.25) is 5.91 Å². The van der Waals surface area contributed by atoms with Crippen molar-refractivity contribution in [1.29, 1.82) is 0 Å². The van der Waals surface area contributed by atoms with Crippen LogP contribution in [0.2, 0.25) is 0 Å². The topological polar surface area (TPSA) is 46.3 Å². The first-order valence-corrected chi connectivity index (χ1v) is 4.02. The van der Waals surface area contributed by atoms with Gasteiger partial charge in [-0.1, -0.05) is 13.8 Å². The van der Waals surface area contributed by atoms with Crippen LogP contribution in [0.1, 0.15) is 20.3 Å². The van der Waals surface area contributed by atoms with E-state index in [1.807, 2.05) is 13.8 Å². The van der Waals surface area contributed by atoms with Crippen molar-refractivity contribution < 1.29 is 4.79 Å². The lowest BCUT2D eigenvalue weighted by Crippen LogP contribution is -2.32. The van der Waals surface area contributed by atoms with Crippen LogP contribution >= 0.6 is 0 Å². The number of nitrogens with two attached hydrogens (primary N) is 1. The number of amides is 1. The van der Waals surface area contributed by atoms with Gasteiger partial charge in [-0.2, -0.15) is 0 Å². The normalized spacial score (nSPS) is 10.3. The lowest BCUT2D eigenvalue weighted by molar-refractivity contribution is -0.130.